The smallest absolute Gasteiger partial charge is 0.0946 e. The molecule has 0 aromatic carbocycles. The Labute approximate surface area is 114 Å². The van der Waals surface area contributed by atoms with Crippen molar-refractivity contribution in [1.82, 2.24) is 0 Å². The van der Waals surface area contributed by atoms with E-state index in [4.69, 9.17) is 4.74 Å². The van der Waals surface area contributed by atoms with Crippen molar-refractivity contribution in [2.24, 2.45) is 0 Å². The molecular formula is C13H26BrNO2. The molecule has 0 spiro atoms. The van der Waals surface area contributed by atoms with E-state index in [1.54, 1.807) is 0 Å². The van der Waals surface area contributed by atoms with Crippen molar-refractivity contribution in [1.29, 1.82) is 0 Å². The first-order valence-corrected chi connectivity index (χ1v) is 7.64. The lowest BCUT2D eigenvalue weighted by Crippen LogP contribution is -3.23. The average molecular weight is 308 g/mol. The fraction of sp³-hybridized carbons (Fsp3) is 1.00. The molecule has 1 aliphatic heterocycles. The van der Waals surface area contributed by atoms with E-state index in [2.05, 4.69) is 15.9 Å². The number of ether oxygens (including phenoxy) is 1. The van der Waals surface area contributed by atoms with Crippen molar-refractivity contribution in [3.8, 4) is 0 Å². The molecule has 1 heterocycles. The molecule has 0 saturated carbocycles. The summed E-state index contributed by atoms with van der Waals surface area (Å²) < 4.78 is 5.93. The van der Waals surface area contributed by atoms with Gasteiger partial charge >= 0.3 is 0 Å². The summed E-state index contributed by atoms with van der Waals surface area (Å²) in [6.07, 6.45) is 4.22. The Kier molecular flexibility index (Phi) is 5.44. The third-order valence-electron chi connectivity index (χ3n) is 3.59. The first-order valence-electron chi connectivity index (χ1n) is 6.52. The van der Waals surface area contributed by atoms with Gasteiger partial charge in [0.25, 0.3) is 0 Å². The molecule has 1 fully saturated rings. The second-order valence-corrected chi connectivity index (χ2v) is 7.19. The minimum Gasteiger partial charge on any atom is -0.634 e. The van der Waals surface area contributed by atoms with Crippen molar-refractivity contribution in [2.75, 3.05) is 11.9 Å². The second-order valence-electron chi connectivity index (χ2n) is 6.39. The number of quaternary nitrogens is 1. The molecule has 0 unspecified atom stereocenters. The summed E-state index contributed by atoms with van der Waals surface area (Å²) in [6, 6.07) is 0. The number of hydroxylamine groups is 2. The summed E-state index contributed by atoms with van der Waals surface area (Å²) in [5, 5.41) is 13.6. The van der Waals surface area contributed by atoms with Crippen LogP contribution in [0.2, 0.25) is 0 Å². The highest BCUT2D eigenvalue weighted by Gasteiger charge is 2.45. The largest absolute Gasteiger partial charge is 0.634 e. The van der Waals surface area contributed by atoms with Gasteiger partial charge in [-0.15, -0.1) is 0 Å². The molecule has 0 radical (unpaired) electrons. The molecule has 0 aromatic heterocycles. The van der Waals surface area contributed by atoms with Crippen LogP contribution in [0.5, 0.6) is 0 Å². The maximum Gasteiger partial charge on any atom is 0.0946 e. The predicted molar refractivity (Wildman–Crippen MR) is 74.5 cm³/mol. The van der Waals surface area contributed by atoms with Gasteiger partial charge in [0.1, 0.15) is 0 Å². The van der Waals surface area contributed by atoms with Crippen LogP contribution in [0.3, 0.4) is 0 Å². The molecule has 4 heteroatoms. The average Bonchev–Trinajstić information content (AvgIpc) is 2.20. The minimum absolute atomic E-state index is 0.234. The Bertz CT molecular complexity index is 226. The molecule has 0 bridgehead atoms. The molecule has 0 aromatic rings. The fourth-order valence-electron chi connectivity index (χ4n) is 2.88. The Morgan fingerprint density at radius 2 is 1.71 bits per heavy atom. The number of nitrogens with one attached hydrogen (secondary N) is 1. The highest BCUT2D eigenvalue weighted by Crippen LogP contribution is 2.25. The monoisotopic (exact) mass is 307 g/mol. The summed E-state index contributed by atoms with van der Waals surface area (Å²) in [4.78, 5) is 0. The summed E-state index contributed by atoms with van der Waals surface area (Å²) in [6.45, 7) is 9.00. The predicted octanol–water partition coefficient (Wildman–Crippen LogP) is 2.28. The van der Waals surface area contributed by atoms with E-state index in [0.29, 0.717) is 5.06 Å². The SMILES string of the molecule is CC1(C)CC(OCCCCBr)CC(C)(C)[NH+]1[O-]. The van der Waals surface area contributed by atoms with Crippen molar-refractivity contribution in [3.05, 3.63) is 5.21 Å². The van der Waals surface area contributed by atoms with Gasteiger partial charge in [-0.2, -0.15) is 0 Å². The lowest BCUT2D eigenvalue weighted by Gasteiger charge is -2.54. The molecule has 102 valence electrons. The molecule has 0 aliphatic carbocycles. The van der Waals surface area contributed by atoms with Gasteiger partial charge < -0.3 is 15.0 Å². The number of alkyl halides is 1. The first-order chi connectivity index (χ1) is 7.79. The molecule has 0 atom stereocenters. The lowest BCUT2D eigenvalue weighted by molar-refractivity contribution is -0.956. The fourth-order valence-corrected chi connectivity index (χ4v) is 3.27. The molecule has 1 N–H and O–H groups in total. The number of halogens is 1. The number of hydrogen-bond donors (Lipinski definition) is 1. The number of rotatable bonds is 5. The Morgan fingerprint density at radius 1 is 1.18 bits per heavy atom. The van der Waals surface area contributed by atoms with Crippen LogP contribution in [0.15, 0.2) is 0 Å². The van der Waals surface area contributed by atoms with Gasteiger partial charge in [-0.1, -0.05) is 15.9 Å². The van der Waals surface area contributed by atoms with Gasteiger partial charge in [0, 0.05) is 24.8 Å². The zero-order valence-corrected chi connectivity index (χ0v) is 13.1. The number of piperidine rings is 1. The molecular weight excluding hydrogens is 282 g/mol. The summed E-state index contributed by atoms with van der Waals surface area (Å²) in [7, 11) is 0. The standard InChI is InChI=1S/C13H26BrNO2/c1-12(2)9-11(17-8-6-5-7-14)10-13(3,4)15(12)16/h11,15H,5-10H2,1-4H3. The number of hydrogen-bond acceptors (Lipinski definition) is 2. The molecule has 0 amide bonds. The van der Waals surface area contributed by atoms with Crippen molar-refractivity contribution in [2.45, 2.75) is 70.6 Å². The highest BCUT2D eigenvalue weighted by molar-refractivity contribution is 9.09. The first kappa shape index (κ1) is 15.4. The van der Waals surface area contributed by atoms with Crippen molar-refractivity contribution in [3.63, 3.8) is 0 Å². The van der Waals surface area contributed by atoms with Crippen LogP contribution < -0.4 is 5.06 Å². The van der Waals surface area contributed by atoms with Crippen LogP contribution in [-0.4, -0.2) is 29.1 Å². The third kappa shape index (κ3) is 4.19. The van der Waals surface area contributed by atoms with E-state index in [-0.39, 0.29) is 17.2 Å². The maximum absolute atomic E-state index is 12.2. The second kappa shape index (κ2) is 6.00. The Balaban J connectivity index is 2.48. The minimum atomic E-state index is -0.234. The van der Waals surface area contributed by atoms with E-state index < -0.39 is 0 Å². The highest BCUT2D eigenvalue weighted by atomic mass is 79.9. The van der Waals surface area contributed by atoms with E-state index in [1.165, 1.54) is 0 Å². The van der Waals surface area contributed by atoms with Crippen LogP contribution in [0.4, 0.5) is 0 Å². The van der Waals surface area contributed by atoms with Crippen LogP contribution in [0, 0.1) is 5.21 Å². The summed E-state index contributed by atoms with van der Waals surface area (Å²) in [5.41, 5.74) is -0.469. The number of unbranched alkanes of at least 4 members (excludes halogenated alkanes) is 1. The molecule has 1 rings (SSSR count). The van der Waals surface area contributed by atoms with Gasteiger partial charge in [0.05, 0.1) is 17.2 Å². The zero-order valence-electron chi connectivity index (χ0n) is 11.5. The van der Waals surface area contributed by atoms with E-state index >= 15 is 0 Å². The van der Waals surface area contributed by atoms with Crippen molar-refractivity contribution >= 4 is 15.9 Å². The third-order valence-corrected chi connectivity index (χ3v) is 4.15. The van der Waals surface area contributed by atoms with Crippen LogP contribution >= 0.6 is 15.9 Å². The van der Waals surface area contributed by atoms with Crippen molar-refractivity contribution < 1.29 is 9.80 Å². The molecule has 3 nitrogen and oxygen atoms in total. The van der Waals surface area contributed by atoms with E-state index in [9.17, 15) is 5.21 Å². The van der Waals surface area contributed by atoms with E-state index in [1.807, 2.05) is 27.7 Å². The Hall–Kier alpha value is 0.360. The molecule has 1 aliphatic rings. The molecule has 17 heavy (non-hydrogen) atoms. The normalized spacial score (nSPS) is 31.4. The van der Waals surface area contributed by atoms with Gasteiger partial charge in [0.15, 0.2) is 0 Å². The zero-order chi connectivity index (χ0) is 13.1. The van der Waals surface area contributed by atoms with Gasteiger partial charge in [-0.3, -0.25) is 0 Å². The maximum atomic E-state index is 12.2. The van der Waals surface area contributed by atoms with E-state index in [0.717, 1.165) is 37.6 Å². The summed E-state index contributed by atoms with van der Waals surface area (Å²) >= 11 is 3.42. The molecule has 1 saturated heterocycles. The van der Waals surface area contributed by atoms with Gasteiger partial charge in [0.2, 0.25) is 0 Å². The van der Waals surface area contributed by atoms with Crippen LogP contribution in [0.1, 0.15) is 53.4 Å². The van der Waals surface area contributed by atoms with Crippen LogP contribution in [-0.2, 0) is 4.74 Å². The van der Waals surface area contributed by atoms with Gasteiger partial charge in [-0.05, 0) is 40.5 Å². The summed E-state index contributed by atoms with van der Waals surface area (Å²) in [5.74, 6) is 0. The Morgan fingerprint density at radius 3 is 2.18 bits per heavy atom. The quantitative estimate of drug-likeness (QED) is 0.480. The van der Waals surface area contributed by atoms with Crippen LogP contribution in [0.25, 0.3) is 0 Å². The topological polar surface area (TPSA) is 36.7 Å². The lowest BCUT2D eigenvalue weighted by atomic mass is 9.80. The van der Waals surface area contributed by atoms with Gasteiger partial charge in [-0.25, -0.2) is 0 Å².